The lowest BCUT2D eigenvalue weighted by molar-refractivity contribution is -0.139. The molecule has 0 unspecified atom stereocenters. The first-order valence-corrected chi connectivity index (χ1v) is 11.2. The molecule has 182 valence electrons. The number of aliphatic hydroxyl groups is 1. The van der Waals surface area contributed by atoms with Crippen molar-refractivity contribution in [1.29, 1.82) is 0 Å². The lowest BCUT2D eigenvalue weighted by Crippen LogP contribution is -2.32. The lowest BCUT2D eigenvalue weighted by Gasteiger charge is -2.26. The number of hydrogen-bond donors (Lipinski definition) is 2. The van der Waals surface area contributed by atoms with Crippen molar-refractivity contribution in [3.63, 3.8) is 0 Å². The normalized spacial score (nSPS) is 17.5. The van der Waals surface area contributed by atoms with Gasteiger partial charge in [-0.25, -0.2) is 0 Å². The SMILES string of the molecule is CCOc1cc([C@@H]2/C(=C(\O)c3ccc(OC)cc3C)C(=O)C(=O)N2CCCN(C)C)ccc1O. The van der Waals surface area contributed by atoms with Crippen LogP contribution in [0.3, 0.4) is 0 Å². The smallest absolute Gasteiger partial charge is 0.295 e. The van der Waals surface area contributed by atoms with Crippen molar-refractivity contribution in [2.45, 2.75) is 26.3 Å². The molecule has 0 spiro atoms. The highest BCUT2D eigenvalue weighted by molar-refractivity contribution is 6.46. The van der Waals surface area contributed by atoms with Crippen LogP contribution in [0, 0.1) is 6.92 Å². The Kier molecular flexibility index (Phi) is 7.83. The van der Waals surface area contributed by atoms with Crippen LogP contribution in [0.1, 0.15) is 36.1 Å². The van der Waals surface area contributed by atoms with E-state index in [1.165, 1.54) is 11.0 Å². The molecule has 0 bridgehead atoms. The van der Waals surface area contributed by atoms with Gasteiger partial charge in [0.2, 0.25) is 0 Å². The second-order valence-electron chi connectivity index (χ2n) is 8.49. The van der Waals surface area contributed by atoms with Gasteiger partial charge in [0.25, 0.3) is 11.7 Å². The fourth-order valence-electron chi connectivity index (χ4n) is 4.16. The Morgan fingerprint density at radius 1 is 1.15 bits per heavy atom. The van der Waals surface area contributed by atoms with Crippen LogP contribution in [0.4, 0.5) is 0 Å². The van der Waals surface area contributed by atoms with Crippen molar-refractivity contribution in [2.24, 2.45) is 0 Å². The number of aromatic hydroxyl groups is 1. The zero-order valence-corrected chi connectivity index (χ0v) is 20.3. The summed E-state index contributed by atoms with van der Waals surface area (Å²) in [6.45, 7) is 4.99. The first-order valence-electron chi connectivity index (χ1n) is 11.2. The molecule has 1 fully saturated rings. The van der Waals surface area contributed by atoms with Crippen molar-refractivity contribution < 1.29 is 29.3 Å². The predicted molar refractivity (Wildman–Crippen MR) is 129 cm³/mol. The first-order chi connectivity index (χ1) is 16.2. The molecular formula is C26H32N2O6. The van der Waals surface area contributed by atoms with Crippen LogP contribution in [0.25, 0.3) is 5.76 Å². The van der Waals surface area contributed by atoms with E-state index in [9.17, 15) is 19.8 Å². The van der Waals surface area contributed by atoms with Crippen LogP contribution < -0.4 is 9.47 Å². The van der Waals surface area contributed by atoms with E-state index in [4.69, 9.17) is 9.47 Å². The molecule has 8 nitrogen and oxygen atoms in total. The number of hydrogen-bond acceptors (Lipinski definition) is 7. The van der Waals surface area contributed by atoms with Gasteiger partial charge in [0.15, 0.2) is 11.5 Å². The van der Waals surface area contributed by atoms with Crippen LogP contribution in [0.5, 0.6) is 17.2 Å². The number of phenolic OH excluding ortho intramolecular Hbond substituents is 1. The molecule has 3 rings (SSSR count). The van der Waals surface area contributed by atoms with Gasteiger partial charge in [-0.3, -0.25) is 9.59 Å². The quantitative estimate of drug-likeness (QED) is 0.330. The van der Waals surface area contributed by atoms with E-state index in [1.807, 2.05) is 19.0 Å². The molecule has 1 heterocycles. The molecule has 0 aliphatic carbocycles. The molecule has 1 saturated heterocycles. The maximum absolute atomic E-state index is 13.2. The number of methoxy groups -OCH3 is 1. The third-order valence-electron chi connectivity index (χ3n) is 5.83. The number of ether oxygens (including phenoxy) is 2. The Morgan fingerprint density at radius 3 is 2.50 bits per heavy atom. The second kappa shape index (κ2) is 10.6. The van der Waals surface area contributed by atoms with E-state index in [1.54, 1.807) is 51.3 Å². The predicted octanol–water partition coefficient (Wildman–Crippen LogP) is 3.48. The summed E-state index contributed by atoms with van der Waals surface area (Å²) < 4.78 is 10.8. The first kappa shape index (κ1) is 25.1. The number of carbonyl (C=O) groups is 2. The zero-order valence-electron chi connectivity index (χ0n) is 20.3. The maximum atomic E-state index is 13.2. The zero-order chi connectivity index (χ0) is 25.0. The average molecular weight is 469 g/mol. The Balaban J connectivity index is 2.16. The number of aliphatic hydroxyl groups excluding tert-OH is 1. The summed E-state index contributed by atoms with van der Waals surface area (Å²) in [5.41, 5.74) is 1.73. The van der Waals surface area contributed by atoms with Crippen LogP contribution in [-0.2, 0) is 9.59 Å². The minimum atomic E-state index is -0.816. The highest BCUT2D eigenvalue weighted by Crippen LogP contribution is 2.42. The minimum absolute atomic E-state index is 0.0104. The fourth-order valence-corrected chi connectivity index (χ4v) is 4.16. The standard InChI is InChI=1S/C26H32N2O6/c1-6-34-21-15-17(8-11-20(21)29)23-22(24(30)19-10-9-18(33-5)14-16(19)2)25(31)26(32)28(23)13-7-12-27(3)4/h8-11,14-15,23,29-30H,6-7,12-13H2,1-5H3/b24-22+/t23-/m1/s1. The molecule has 1 amide bonds. The monoisotopic (exact) mass is 468 g/mol. The van der Waals surface area contributed by atoms with Gasteiger partial charge in [-0.2, -0.15) is 0 Å². The molecule has 2 aromatic rings. The van der Waals surface area contributed by atoms with Crippen molar-refractivity contribution in [3.05, 3.63) is 58.7 Å². The van der Waals surface area contributed by atoms with E-state index in [0.29, 0.717) is 42.0 Å². The Bertz CT molecular complexity index is 1110. The lowest BCUT2D eigenvalue weighted by atomic mass is 9.93. The summed E-state index contributed by atoms with van der Waals surface area (Å²) in [4.78, 5) is 29.8. The minimum Gasteiger partial charge on any atom is -0.507 e. The number of aryl methyl sites for hydroxylation is 1. The highest BCUT2D eigenvalue weighted by Gasteiger charge is 2.46. The molecule has 8 heteroatoms. The van der Waals surface area contributed by atoms with E-state index >= 15 is 0 Å². The number of rotatable bonds is 9. The summed E-state index contributed by atoms with van der Waals surface area (Å²) in [5.74, 6) is -0.823. The van der Waals surface area contributed by atoms with E-state index in [2.05, 4.69) is 0 Å². The third kappa shape index (κ3) is 5.02. The van der Waals surface area contributed by atoms with Gasteiger partial charge in [-0.05, 0) is 82.4 Å². The maximum Gasteiger partial charge on any atom is 0.295 e. The molecule has 2 aromatic carbocycles. The molecule has 1 aliphatic rings. The molecule has 2 N–H and O–H groups in total. The number of amides is 1. The molecule has 0 aromatic heterocycles. The molecule has 0 radical (unpaired) electrons. The van der Waals surface area contributed by atoms with Gasteiger partial charge in [-0.15, -0.1) is 0 Å². The second-order valence-corrected chi connectivity index (χ2v) is 8.49. The van der Waals surface area contributed by atoms with Gasteiger partial charge < -0.3 is 29.5 Å². The molecular weight excluding hydrogens is 436 g/mol. The number of nitrogens with zero attached hydrogens (tertiary/aromatic N) is 2. The number of ketones is 1. The number of likely N-dealkylation sites (tertiary alicyclic amines) is 1. The molecule has 34 heavy (non-hydrogen) atoms. The Labute approximate surface area is 200 Å². The van der Waals surface area contributed by atoms with E-state index in [-0.39, 0.29) is 22.8 Å². The summed E-state index contributed by atoms with van der Waals surface area (Å²) >= 11 is 0. The number of carbonyl (C=O) groups excluding carboxylic acids is 2. The molecule has 0 saturated carbocycles. The van der Waals surface area contributed by atoms with Crippen molar-refractivity contribution >= 4 is 17.4 Å². The van der Waals surface area contributed by atoms with Crippen molar-refractivity contribution in [3.8, 4) is 17.2 Å². The topological polar surface area (TPSA) is 99.5 Å². The van der Waals surface area contributed by atoms with Crippen molar-refractivity contribution in [2.75, 3.05) is 40.9 Å². The fraction of sp³-hybridized carbons (Fsp3) is 0.385. The van der Waals surface area contributed by atoms with Crippen LogP contribution in [-0.4, -0.2) is 72.6 Å². The molecule has 1 aliphatic heterocycles. The highest BCUT2D eigenvalue weighted by atomic mass is 16.5. The average Bonchev–Trinajstić information content (AvgIpc) is 3.05. The summed E-state index contributed by atoms with van der Waals surface area (Å²) in [6.07, 6.45) is 0.647. The van der Waals surface area contributed by atoms with Gasteiger partial charge >= 0.3 is 0 Å². The van der Waals surface area contributed by atoms with Crippen molar-refractivity contribution in [1.82, 2.24) is 9.80 Å². The van der Waals surface area contributed by atoms with E-state index in [0.717, 1.165) is 6.54 Å². The summed E-state index contributed by atoms with van der Waals surface area (Å²) in [7, 11) is 5.42. The van der Waals surface area contributed by atoms with Gasteiger partial charge in [0.1, 0.15) is 11.5 Å². The van der Waals surface area contributed by atoms with Crippen LogP contribution in [0.15, 0.2) is 42.0 Å². The van der Waals surface area contributed by atoms with Crippen LogP contribution >= 0.6 is 0 Å². The third-order valence-corrected chi connectivity index (χ3v) is 5.83. The van der Waals surface area contributed by atoms with Gasteiger partial charge in [0, 0.05) is 12.1 Å². The van der Waals surface area contributed by atoms with Crippen LogP contribution in [0.2, 0.25) is 0 Å². The largest absolute Gasteiger partial charge is 0.507 e. The number of Topliss-reactive ketones (excluding diaryl/α,β-unsaturated/α-hetero) is 1. The van der Waals surface area contributed by atoms with Gasteiger partial charge in [0.05, 0.1) is 25.3 Å². The van der Waals surface area contributed by atoms with Gasteiger partial charge in [-0.1, -0.05) is 6.07 Å². The van der Waals surface area contributed by atoms with E-state index < -0.39 is 17.7 Å². The Morgan fingerprint density at radius 2 is 1.88 bits per heavy atom. The number of phenols is 1. The summed E-state index contributed by atoms with van der Waals surface area (Å²) in [5, 5.41) is 21.5. The Hall–Kier alpha value is -3.52. The summed E-state index contributed by atoms with van der Waals surface area (Å²) in [6, 6.07) is 9.03. The number of benzene rings is 2. The molecule has 1 atom stereocenters.